The van der Waals surface area contributed by atoms with Gasteiger partial charge in [-0.05, 0) is 31.9 Å². The average molecular weight is 398 g/mol. The third-order valence-corrected chi connectivity index (χ3v) is 6.26. The highest BCUT2D eigenvalue weighted by Crippen LogP contribution is 2.44. The number of amides is 1. The summed E-state index contributed by atoms with van der Waals surface area (Å²) in [6, 6.07) is 7.86. The molecule has 2 fully saturated rings. The topological polar surface area (TPSA) is 84.9 Å². The number of fused-ring (bicyclic) bond motifs is 1. The van der Waals surface area contributed by atoms with Gasteiger partial charge in [-0.25, -0.2) is 15.0 Å². The van der Waals surface area contributed by atoms with Crippen molar-refractivity contribution in [2.75, 3.05) is 27.3 Å². The highest BCUT2D eigenvalue weighted by Gasteiger charge is 2.58. The van der Waals surface area contributed by atoms with Crippen molar-refractivity contribution in [2.24, 2.45) is 5.92 Å². The minimum Gasteiger partial charge on any atom is -0.469 e. The van der Waals surface area contributed by atoms with Gasteiger partial charge < -0.3 is 4.74 Å². The molecule has 3 heterocycles. The van der Waals surface area contributed by atoms with Crippen LogP contribution in [-0.4, -0.2) is 64.7 Å². The number of carbonyl (C=O) groups is 2. The molecule has 2 aromatic rings. The van der Waals surface area contributed by atoms with Crippen LogP contribution in [0.2, 0.25) is 0 Å². The van der Waals surface area contributed by atoms with Crippen LogP contribution >= 0.6 is 0 Å². The van der Waals surface area contributed by atoms with E-state index >= 15 is 0 Å². The first-order valence-electron chi connectivity index (χ1n) is 9.88. The van der Waals surface area contributed by atoms with Crippen molar-refractivity contribution < 1.29 is 19.2 Å². The number of esters is 1. The monoisotopic (exact) mass is 398 g/mol. The molecule has 2 aliphatic rings. The Bertz CT molecular complexity index is 937. The van der Waals surface area contributed by atoms with Gasteiger partial charge in [0.15, 0.2) is 0 Å². The Kier molecular flexibility index (Phi) is 5.23. The van der Waals surface area contributed by atoms with Crippen molar-refractivity contribution >= 4 is 22.9 Å². The first-order chi connectivity index (χ1) is 14.0. The molecule has 8 nitrogen and oxygen atoms in total. The number of benzene rings is 1. The number of hydrogen-bond donors (Lipinski definition) is 0. The molecule has 0 saturated carbocycles. The second kappa shape index (κ2) is 7.68. The molecule has 0 radical (unpaired) electrons. The number of likely N-dealkylation sites (tertiary alicyclic amines) is 1. The fraction of sp³-hybridized carbons (Fsp3) is 0.524. The highest BCUT2D eigenvalue weighted by atomic mass is 16.7. The van der Waals surface area contributed by atoms with Gasteiger partial charge in [-0.1, -0.05) is 12.1 Å². The molecule has 0 bridgehead atoms. The van der Waals surface area contributed by atoms with Gasteiger partial charge >= 0.3 is 5.97 Å². The molecule has 29 heavy (non-hydrogen) atoms. The molecule has 1 atom stereocenters. The highest BCUT2D eigenvalue weighted by molar-refractivity contribution is 5.88. The average Bonchev–Trinajstić information content (AvgIpc) is 3.00. The van der Waals surface area contributed by atoms with E-state index in [1.54, 1.807) is 0 Å². The van der Waals surface area contributed by atoms with E-state index in [0.717, 1.165) is 35.5 Å². The molecule has 1 unspecified atom stereocenters. The van der Waals surface area contributed by atoms with Crippen molar-refractivity contribution in [3.63, 3.8) is 0 Å². The first-order valence-corrected chi connectivity index (χ1v) is 9.88. The van der Waals surface area contributed by atoms with E-state index in [2.05, 4.69) is 9.88 Å². The van der Waals surface area contributed by atoms with Gasteiger partial charge in [-0.3, -0.25) is 19.3 Å². The smallest absolute Gasteiger partial charge is 0.311 e. The number of piperidine rings is 1. The quantitative estimate of drug-likeness (QED) is 0.727. The van der Waals surface area contributed by atoms with Crippen LogP contribution in [0, 0.1) is 12.8 Å². The van der Waals surface area contributed by atoms with Crippen molar-refractivity contribution in [2.45, 2.75) is 38.3 Å². The number of carbonyl (C=O) groups excluding carboxylic acids is 2. The number of hydrogen-bond acceptors (Lipinski definition) is 7. The number of ether oxygens (including phenoxy) is 1. The number of rotatable bonds is 4. The van der Waals surface area contributed by atoms with E-state index in [0.29, 0.717) is 19.4 Å². The minimum atomic E-state index is -0.639. The Morgan fingerprint density at radius 2 is 1.83 bits per heavy atom. The zero-order chi connectivity index (χ0) is 20.6. The van der Waals surface area contributed by atoms with Gasteiger partial charge in [-0.2, -0.15) is 0 Å². The second-order valence-electron chi connectivity index (χ2n) is 7.77. The number of aryl methyl sites for hydroxylation is 1. The summed E-state index contributed by atoms with van der Waals surface area (Å²) in [7, 11) is 2.85. The van der Waals surface area contributed by atoms with Crippen molar-refractivity contribution in [3.8, 4) is 0 Å². The van der Waals surface area contributed by atoms with Gasteiger partial charge in [-0.15, -0.1) is 0 Å². The second-order valence-corrected chi connectivity index (χ2v) is 7.77. The molecule has 154 valence electrons. The SMILES string of the molecule is COC(=O)C1CC(=O)N(OC)C12CCN(Cc1nc3ccccc3nc1C)CC2. The largest absolute Gasteiger partial charge is 0.469 e. The van der Waals surface area contributed by atoms with Gasteiger partial charge in [0.25, 0.3) is 0 Å². The summed E-state index contributed by atoms with van der Waals surface area (Å²) in [6.07, 6.45) is 1.43. The van der Waals surface area contributed by atoms with E-state index in [1.807, 2.05) is 31.2 Å². The molecule has 1 aromatic carbocycles. The van der Waals surface area contributed by atoms with Crippen LogP contribution in [0.3, 0.4) is 0 Å². The van der Waals surface area contributed by atoms with E-state index < -0.39 is 11.5 Å². The van der Waals surface area contributed by atoms with Crippen LogP contribution in [0.5, 0.6) is 0 Å². The molecule has 0 N–H and O–H groups in total. The standard InChI is InChI=1S/C21H26N4O4/c1-14-18(23-17-7-5-4-6-16(17)22-14)13-24-10-8-21(9-11-24)15(20(27)28-2)12-19(26)25(21)29-3/h4-7,15H,8-13H2,1-3H3. The Morgan fingerprint density at radius 1 is 1.17 bits per heavy atom. The van der Waals surface area contributed by atoms with E-state index in [9.17, 15) is 9.59 Å². The van der Waals surface area contributed by atoms with Crippen LogP contribution in [0.15, 0.2) is 24.3 Å². The van der Waals surface area contributed by atoms with E-state index in [4.69, 9.17) is 14.6 Å². The van der Waals surface area contributed by atoms with Crippen molar-refractivity contribution in [1.82, 2.24) is 19.9 Å². The zero-order valence-corrected chi connectivity index (χ0v) is 17.1. The number of para-hydroxylation sites is 2. The van der Waals surface area contributed by atoms with E-state index in [-0.39, 0.29) is 18.3 Å². The number of methoxy groups -OCH3 is 1. The lowest BCUT2D eigenvalue weighted by atomic mass is 9.77. The third-order valence-electron chi connectivity index (χ3n) is 6.26. The molecule has 8 heteroatoms. The number of aromatic nitrogens is 2. The summed E-state index contributed by atoms with van der Waals surface area (Å²) >= 11 is 0. The van der Waals surface area contributed by atoms with Crippen molar-refractivity contribution in [1.29, 1.82) is 0 Å². The third kappa shape index (κ3) is 3.36. The number of hydroxylamine groups is 2. The molecule has 4 rings (SSSR count). The van der Waals surface area contributed by atoms with E-state index in [1.165, 1.54) is 19.3 Å². The van der Waals surface area contributed by atoms with Crippen LogP contribution in [0.4, 0.5) is 0 Å². The maximum Gasteiger partial charge on any atom is 0.311 e. The van der Waals surface area contributed by atoms with Crippen LogP contribution in [0.1, 0.15) is 30.7 Å². The van der Waals surface area contributed by atoms with Gasteiger partial charge in [0.2, 0.25) is 5.91 Å². The molecule has 1 aromatic heterocycles. The van der Waals surface area contributed by atoms with Gasteiger partial charge in [0.05, 0.1) is 48.1 Å². The van der Waals surface area contributed by atoms with Crippen molar-refractivity contribution in [3.05, 3.63) is 35.7 Å². The molecule has 1 amide bonds. The molecule has 2 saturated heterocycles. The van der Waals surface area contributed by atoms with Gasteiger partial charge in [0.1, 0.15) is 0 Å². The lowest BCUT2D eigenvalue weighted by Crippen LogP contribution is -2.57. The lowest BCUT2D eigenvalue weighted by molar-refractivity contribution is -0.210. The van der Waals surface area contributed by atoms with Crippen LogP contribution < -0.4 is 0 Å². The Balaban J connectivity index is 1.52. The minimum absolute atomic E-state index is 0.135. The first kappa shape index (κ1) is 19.7. The number of nitrogens with zero attached hydrogens (tertiary/aromatic N) is 4. The molecule has 1 spiro atoms. The zero-order valence-electron chi connectivity index (χ0n) is 17.1. The summed E-state index contributed by atoms with van der Waals surface area (Å²) in [4.78, 5) is 41.9. The summed E-state index contributed by atoms with van der Waals surface area (Å²) in [6.45, 7) is 4.13. The predicted octanol–water partition coefficient (Wildman–Crippen LogP) is 1.86. The molecule has 2 aliphatic heterocycles. The van der Waals surface area contributed by atoms with Crippen LogP contribution in [0.25, 0.3) is 11.0 Å². The van der Waals surface area contributed by atoms with Crippen LogP contribution in [-0.2, 0) is 25.7 Å². The maximum atomic E-state index is 12.4. The summed E-state index contributed by atoms with van der Waals surface area (Å²) < 4.78 is 4.98. The molecular formula is C21H26N4O4. The summed E-state index contributed by atoms with van der Waals surface area (Å²) in [5.41, 5.74) is 3.02. The predicted molar refractivity (Wildman–Crippen MR) is 105 cm³/mol. The maximum absolute atomic E-state index is 12.4. The molecular weight excluding hydrogens is 372 g/mol. The lowest BCUT2D eigenvalue weighted by Gasteiger charge is -2.45. The Labute approximate surface area is 169 Å². The summed E-state index contributed by atoms with van der Waals surface area (Å²) in [5, 5.41) is 1.41. The molecule has 0 aliphatic carbocycles. The Morgan fingerprint density at radius 3 is 2.45 bits per heavy atom. The summed E-state index contributed by atoms with van der Waals surface area (Å²) in [5.74, 6) is -1.00. The fourth-order valence-electron chi connectivity index (χ4n) is 4.70. The fourth-order valence-corrected chi connectivity index (χ4v) is 4.70. The van der Waals surface area contributed by atoms with Gasteiger partial charge in [0, 0.05) is 26.1 Å². The Hall–Kier alpha value is -2.58. The normalized spacial score (nSPS) is 21.8.